The quantitative estimate of drug-likeness (QED) is 0.593. The van der Waals surface area contributed by atoms with E-state index in [1.54, 1.807) is 17.8 Å². The Bertz CT molecular complexity index is 740. The second-order valence-corrected chi connectivity index (χ2v) is 7.07. The van der Waals surface area contributed by atoms with Crippen molar-refractivity contribution in [1.82, 2.24) is 0 Å². The number of alkyl halides is 3. The zero-order chi connectivity index (χ0) is 18.1. The van der Waals surface area contributed by atoms with Gasteiger partial charge in [0.2, 0.25) is 0 Å². The van der Waals surface area contributed by atoms with Gasteiger partial charge in [0.15, 0.2) is 0 Å². The molecule has 0 saturated carbocycles. The first kappa shape index (κ1) is 17.9. The van der Waals surface area contributed by atoms with Gasteiger partial charge in [-0.05, 0) is 55.0 Å². The highest BCUT2D eigenvalue weighted by molar-refractivity contribution is 7.99. The summed E-state index contributed by atoms with van der Waals surface area (Å²) >= 11 is 1.59. The van der Waals surface area contributed by atoms with Gasteiger partial charge in [-0.25, -0.2) is 0 Å². The number of benzene rings is 2. The van der Waals surface area contributed by atoms with Crippen molar-refractivity contribution in [3.63, 3.8) is 0 Å². The van der Waals surface area contributed by atoms with Crippen molar-refractivity contribution >= 4 is 11.8 Å². The Kier molecular flexibility index (Phi) is 4.88. The van der Waals surface area contributed by atoms with Gasteiger partial charge in [0.1, 0.15) is 23.7 Å². The largest absolute Gasteiger partial charge is 0.508 e. The van der Waals surface area contributed by atoms with Gasteiger partial charge < -0.3 is 14.6 Å². The lowest BCUT2D eigenvalue weighted by Crippen LogP contribution is -2.24. The van der Waals surface area contributed by atoms with Crippen LogP contribution in [-0.2, 0) is 10.9 Å². The number of rotatable bonds is 6. The lowest BCUT2D eigenvalue weighted by molar-refractivity contribution is -0.137. The molecule has 1 N–H and O–H groups in total. The first-order valence-corrected chi connectivity index (χ1v) is 8.62. The molecule has 1 atom stereocenters. The number of halogens is 3. The van der Waals surface area contributed by atoms with Crippen molar-refractivity contribution in [3.8, 4) is 11.5 Å². The minimum atomic E-state index is -4.35. The highest BCUT2D eigenvalue weighted by Crippen LogP contribution is 2.36. The normalized spacial score (nSPS) is 19.7. The number of hydrogen-bond donors (Lipinski definition) is 1. The molecule has 1 aliphatic heterocycles. The molecule has 1 fully saturated rings. The predicted molar refractivity (Wildman–Crippen MR) is 89.2 cm³/mol. The minimum Gasteiger partial charge on any atom is -0.508 e. The van der Waals surface area contributed by atoms with E-state index >= 15 is 0 Å². The summed E-state index contributed by atoms with van der Waals surface area (Å²) in [5, 5.41) is 9.54. The second kappa shape index (κ2) is 6.80. The maximum Gasteiger partial charge on any atom is 0.416 e. The molecule has 3 nitrogen and oxygen atoms in total. The minimum absolute atomic E-state index is 0.257. The van der Waals surface area contributed by atoms with Gasteiger partial charge >= 0.3 is 6.18 Å². The van der Waals surface area contributed by atoms with E-state index in [-0.39, 0.29) is 12.4 Å². The van der Waals surface area contributed by atoms with Crippen LogP contribution >= 0.6 is 11.8 Å². The van der Waals surface area contributed by atoms with Crippen LogP contribution in [0.4, 0.5) is 13.2 Å². The Hall–Kier alpha value is -1.86. The maximum atomic E-state index is 12.5. The van der Waals surface area contributed by atoms with Gasteiger partial charge in [-0.1, -0.05) is 0 Å². The van der Waals surface area contributed by atoms with Crippen LogP contribution in [0.1, 0.15) is 11.1 Å². The molecule has 2 aromatic rings. The van der Waals surface area contributed by atoms with Crippen LogP contribution in [0.25, 0.3) is 0 Å². The maximum absolute atomic E-state index is 12.5. The molecule has 0 aromatic heterocycles. The molecule has 0 aliphatic carbocycles. The van der Waals surface area contributed by atoms with E-state index in [1.165, 1.54) is 12.1 Å². The summed E-state index contributed by atoms with van der Waals surface area (Å²) in [7, 11) is 0. The fraction of sp³-hybridized carbons (Fsp3) is 0.333. The number of hydrogen-bond acceptors (Lipinski definition) is 4. The van der Waals surface area contributed by atoms with Crippen LogP contribution in [0.5, 0.6) is 11.5 Å². The van der Waals surface area contributed by atoms with E-state index in [2.05, 4.69) is 0 Å². The van der Waals surface area contributed by atoms with Crippen molar-refractivity contribution in [2.45, 2.75) is 23.6 Å². The Morgan fingerprint density at radius 2 is 1.88 bits per heavy atom. The summed E-state index contributed by atoms with van der Waals surface area (Å²) in [5.41, 5.74) is -0.314. The van der Waals surface area contributed by atoms with Crippen LogP contribution in [-0.4, -0.2) is 29.7 Å². The number of ether oxygens (including phenoxy) is 2. The Morgan fingerprint density at radius 3 is 2.44 bits per heavy atom. The van der Waals surface area contributed by atoms with Crippen molar-refractivity contribution in [2.24, 2.45) is 0 Å². The molecule has 1 aliphatic rings. The molecule has 7 heteroatoms. The molecule has 3 rings (SSSR count). The van der Waals surface area contributed by atoms with E-state index in [4.69, 9.17) is 9.47 Å². The molecule has 0 spiro atoms. The van der Waals surface area contributed by atoms with Gasteiger partial charge in [-0.15, -0.1) is 11.8 Å². The Morgan fingerprint density at radius 1 is 1.20 bits per heavy atom. The number of aryl methyl sites for hydroxylation is 1. The van der Waals surface area contributed by atoms with Gasteiger partial charge in [0.05, 0.1) is 12.2 Å². The van der Waals surface area contributed by atoms with E-state index in [0.717, 1.165) is 22.6 Å². The third kappa shape index (κ3) is 4.61. The van der Waals surface area contributed by atoms with Crippen LogP contribution in [0, 0.1) is 6.92 Å². The predicted octanol–water partition coefficient (Wildman–Crippen LogP) is 4.66. The lowest BCUT2D eigenvalue weighted by atomic mass is 10.2. The molecule has 1 saturated heterocycles. The molecule has 1 heterocycles. The summed E-state index contributed by atoms with van der Waals surface area (Å²) < 4.78 is 48.7. The molecule has 1 unspecified atom stereocenters. The summed E-state index contributed by atoms with van der Waals surface area (Å²) in [6.45, 7) is 2.66. The average molecular weight is 370 g/mol. The standard InChI is InChI=1S/C18H17F3O3S/c1-12-8-15(6-7-16(12)22)25-11-17(10-24-17)9-23-14-4-2-13(3-5-14)18(19,20)21/h2-8,22H,9-11H2,1H3. The first-order valence-electron chi connectivity index (χ1n) is 7.64. The number of phenols is 1. The van der Waals surface area contributed by atoms with Crippen molar-refractivity contribution in [2.75, 3.05) is 19.0 Å². The monoisotopic (exact) mass is 370 g/mol. The third-order valence-electron chi connectivity index (χ3n) is 3.91. The fourth-order valence-electron chi connectivity index (χ4n) is 2.20. The molecule has 0 amide bonds. The molecule has 2 aromatic carbocycles. The fourth-order valence-corrected chi connectivity index (χ4v) is 3.30. The van der Waals surface area contributed by atoms with Crippen LogP contribution < -0.4 is 4.74 Å². The summed E-state index contributed by atoms with van der Waals surface area (Å²) in [6, 6.07) is 10.0. The average Bonchev–Trinajstić information content (AvgIpc) is 3.34. The van der Waals surface area contributed by atoms with Crippen LogP contribution in [0.2, 0.25) is 0 Å². The van der Waals surface area contributed by atoms with Gasteiger partial charge in [-0.2, -0.15) is 13.2 Å². The molecular formula is C18H17F3O3S. The third-order valence-corrected chi connectivity index (χ3v) is 5.16. The van der Waals surface area contributed by atoms with E-state index in [1.807, 2.05) is 19.1 Å². The van der Waals surface area contributed by atoms with E-state index < -0.39 is 17.3 Å². The number of thioether (sulfide) groups is 1. The summed E-state index contributed by atoms with van der Waals surface area (Å²) in [5.74, 6) is 1.30. The number of phenolic OH excluding ortho intramolecular Hbond substituents is 1. The number of aromatic hydroxyl groups is 1. The SMILES string of the molecule is Cc1cc(SCC2(COc3ccc(C(F)(F)F)cc3)CO2)ccc1O. The summed E-state index contributed by atoms with van der Waals surface area (Å²) in [4.78, 5) is 1.01. The second-order valence-electron chi connectivity index (χ2n) is 6.02. The Labute approximate surface area is 147 Å². The number of epoxide rings is 1. The van der Waals surface area contributed by atoms with Gasteiger partial charge in [0, 0.05) is 10.6 Å². The highest BCUT2D eigenvalue weighted by atomic mass is 32.2. The van der Waals surface area contributed by atoms with Crippen molar-refractivity contribution in [1.29, 1.82) is 0 Å². The topological polar surface area (TPSA) is 42.0 Å². The van der Waals surface area contributed by atoms with Gasteiger partial charge in [0.25, 0.3) is 0 Å². The van der Waals surface area contributed by atoms with Crippen LogP contribution in [0.3, 0.4) is 0 Å². The molecule has 0 bridgehead atoms. The highest BCUT2D eigenvalue weighted by Gasteiger charge is 2.45. The first-order chi connectivity index (χ1) is 11.8. The lowest BCUT2D eigenvalue weighted by Gasteiger charge is -2.14. The molecule has 0 radical (unpaired) electrons. The molecule has 134 valence electrons. The smallest absolute Gasteiger partial charge is 0.416 e. The Balaban J connectivity index is 1.53. The van der Waals surface area contributed by atoms with Crippen molar-refractivity contribution < 1.29 is 27.8 Å². The molecule has 25 heavy (non-hydrogen) atoms. The zero-order valence-corrected chi connectivity index (χ0v) is 14.3. The van der Waals surface area contributed by atoms with Gasteiger partial charge in [-0.3, -0.25) is 0 Å². The summed E-state index contributed by atoms with van der Waals surface area (Å²) in [6.07, 6.45) is -4.35. The van der Waals surface area contributed by atoms with Crippen LogP contribution in [0.15, 0.2) is 47.4 Å². The zero-order valence-electron chi connectivity index (χ0n) is 13.5. The van der Waals surface area contributed by atoms with E-state index in [0.29, 0.717) is 18.1 Å². The molecular weight excluding hydrogens is 353 g/mol. The van der Waals surface area contributed by atoms with Crippen molar-refractivity contribution in [3.05, 3.63) is 53.6 Å². The van der Waals surface area contributed by atoms with E-state index in [9.17, 15) is 18.3 Å².